The Morgan fingerprint density at radius 3 is 2.54 bits per heavy atom. The molecule has 0 saturated heterocycles. The van der Waals surface area contributed by atoms with Crippen molar-refractivity contribution in [2.24, 2.45) is 0 Å². The number of nitrogens with zero attached hydrogens (tertiary/aromatic N) is 3. The number of carbonyl (C=O) groups is 1. The highest BCUT2D eigenvalue weighted by Gasteiger charge is 2.18. The van der Waals surface area contributed by atoms with Crippen LogP contribution in [0.5, 0.6) is 11.5 Å². The number of Topliss-reactive ketones (excluding diaryl/α,β-unsaturated/α-hetero) is 1. The van der Waals surface area contributed by atoms with Crippen molar-refractivity contribution in [3.63, 3.8) is 0 Å². The summed E-state index contributed by atoms with van der Waals surface area (Å²) in [6, 6.07) is 13.0. The van der Waals surface area contributed by atoms with E-state index in [1.807, 2.05) is 35.8 Å². The Kier molecular flexibility index (Phi) is 6.74. The fraction of sp³-hybridized carbons (Fsp3) is 0.250. The van der Waals surface area contributed by atoms with E-state index in [-0.39, 0.29) is 11.5 Å². The first-order chi connectivity index (χ1) is 13.6. The predicted octanol–water partition coefficient (Wildman–Crippen LogP) is 4.72. The first kappa shape index (κ1) is 20.4. The monoisotopic (exact) mass is 461 g/mol. The summed E-state index contributed by atoms with van der Waals surface area (Å²) < 4.78 is 13.4. The number of rotatable bonds is 8. The van der Waals surface area contributed by atoms with Crippen LogP contribution in [0.15, 0.2) is 52.1 Å². The predicted molar refractivity (Wildman–Crippen MR) is 113 cm³/mol. The number of ether oxygens (including phenoxy) is 2. The molecule has 0 spiro atoms. The summed E-state index contributed by atoms with van der Waals surface area (Å²) in [7, 11) is 3.22. The molecule has 0 fully saturated rings. The van der Waals surface area contributed by atoms with Crippen molar-refractivity contribution in [2.45, 2.75) is 18.6 Å². The molecular weight excluding hydrogens is 442 g/mol. The lowest BCUT2D eigenvalue weighted by atomic mass is 10.1. The molecule has 3 rings (SSSR count). The highest BCUT2D eigenvalue weighted by Crippen LogP contribution is 2.31. The van der Waals surface area contributed by atoms with Crippen LogP contribution in [0.2, 0.25) is 0 Å². The van der Waals surface area contributed by atoms with Gasteiger partial charge in [0.1, 0.15) is 11.5 Å². The molecule has 0 aliphatic rings. The second kappa shape index (κ2) is 9.25. The van der Waals surface area contributed by atoms with E-state index in [0.717, 1.165) is 21.6 Å². The van der Waals surface area contributed by atoms with Gasteiger partial charge in [-0.2, -0.15) is 0 Å². The maximum atomic E-state index is 12.6. The van der Waals surface area contributed by atoms with Gasteiger partial charge in [0.2, 0.25) is 0 Å². The Bertz CT molecular complexity index is 991. The fourth-order valence-corrected chi connectivity index (χ4v) is 4.20. The van der Waals surface area contributed by atoms with Gasteiger partial charge in [0.15, 0.2) is 16.8 Å². The molecule has 28 heavy (non-hydrogen) atoms. The van der Waals surface area contributed by atoms with Crippen LogP contribution in [-0.2, 0) is 6.54 Å². The number of methoxy groups -OCH3 is 2. The lowest BCUT2D eigenvalue weighted by molar-refractivity contribution is 0.102. The molecule has 1 aromatic heterocycles. The molecule has 6 nitrogen and oxygen atoms in total. The molecule has 0 unspecified atom stereocenters. The molecule has 0 aliphatic carbocycles. The Labute approximate surface area is 176 Å². The molecule has 0 atom stereocenters. The van der Waals surface area contributed by atoms with Gasteiger partial charge >= 0.3 is 0 Å². The van der Waals surface area contributed by atoms with E-state index in [2.05, 4.69) is 26.1 Å². The zero-order chi connectivity index (χ0) is 20.1. The van der Waals surface area contributed by atoms with Gasteiger partial charge in [-0.25, -0.2) is 0 Å². The number of hydrogen-bond acceptors (Lipinski definition) is 6. The minimum atomic E-state index is 0.0119. The van der Waals surface area contributed by atoms with Crippen molar-refractivity contribution in [2.75, 3.05) is 20.0 Å². The summed E-state index contributed by atoms with van der Waals surface area (Å²) in [5.41, 5.74) is 1.49. The molecule has 3 aromatic rings. The third-order valence-electron chi connectivity index (χ3n) is 4.19. The Morgan fingerprint density at radius 2 is 1.86 bits per heavy atom. The normalized spacial score (nSPS) is 10.7. The van der Waals surface area contributed by atoms with Gasteiger partial charge in [-0.05, 0) is 53.2 Å². The molecule has 2 aromatic carbocycles. The van der Waals surface area contributed by atoms with E-state index in [1.165, 1.54) is 11.8 Å². The molecular formula is C20H20BrN3O3S. The molecule has 8 heteroatoms. The van der Waals surface area contributed by atoms with Crippen molar-refractivity contribution >= 4 is 33.5 Å². The minimum absolute atomic E-state index is 0.0119. The lowest BCUT2D eigenvalue weighted by Crippen LogP contribution is -2.05. The van der Waals surface area contributed by atoms with Crippen molar-refractivity contribution in [3.05, 3.63) is 52.5 Å². The van der Waals surface area contributed by atoms with Gasteiger partial charge in [-0.1, -0.05) is 23.9 Å². The van der Waals surface area contributed by atoms with Crippen LogP contribution >= 0.6 is 27.7 Å². The third kappa shape index (κ3) is 4.23. The van der Waals surface area contributed by atoms with Gasteiger partial charge in [0.25, 0.3) is 0 Å². The highest BCUT2D eigenvalue weighted by atomic mass is 79.9. The number of aromatic nitrogens is 3. The average Bonchev–Trinajstić information content (AvgIpc) is 3.14. The van der Waals surface area contributed by atoms with Crippen LogP contribution in [0.3, 0.4) is 0 Å². The number of para-hydroxylation sites is 1. The standard InChI is InChI=1S/C20H20BrN3O3S/c1-4-24-19(14-7-5-6-8-17(14)26-2)22-23-20(24)28-12-16(25)13-9-10-18(27-3)15(21)11-13/h5-11H,4,12H2,1-3H3. The van der Waals surface area contributed by atoms with Gasteiger partial charge in [-0.15, -0.1) is 10.2 Å². The topological polar surface area (TPSA) is 66.2 Å². The Hall–Kier alpha value is -2.32. The largest absolute Gasteiger partial charge is 0.496 e. The molecule has 0 N–H and O–H groups in total. The zero-order valence-electron chi connectivity index (χ0n) is 15.8. The van der Waals surface area contributed by atoms with Crippen molar-refractivity contribution in [1.82, 2.24) is 14.8 Å². The molecule has 0 amide bonds. The maximum Gasteiger partial charge on any atom is 0.191 e. The van der Waals surface area contributed by atoms with Gasteiger partial charge in [0, 0.05) is 12.1 Å². The minimum Gasteiger partial charge on any atom is -0.496 e. The summed E-state index contributed by atoms with van der Waals surface area (Å²) in [6.07, 6.45) is 0. The number of hydrogen-bond donors (Lipinski definition) is 0. The first-order valence-corrected chi connectivity index (χ1v) is 10.4. The number of benzene rings is 2. The highest BCUT2D eigenvalue weighted by molar-refractivity contribution is 9.10. The van der Waals surface area contributed by atoms with Crippen molar-refractivity contribution < 1.29 is 14.3 Å². The Morgan fingerprint density at radius 1 is 1.11 bits per heavy atom. The fourth-order valence-electron chi connectivity index (χ4n) is 2.76. The maximum absolute atomic E-state index is 12.6. The summed E-state index contributed by atoms with van der Waals surface area (Å²) in [6.45, 7) is 2.71. The molecule has 1 heterocycles. The van der Waals surface area contributed by atoms with Gasteiger partial charge < -0.3 is 14.0 Å². The molecule has 0 radical (unpaired) electrons. The van der Waals surface area contributed by atoms with Crippen LogP contribution in [0, 0.1) is 0 Å². The third-order valence-corrected chi connectivity index (χ3v) is 5.77. The van der Waals surface area contributed by atoms with E-state index >= 15 is 0 Å². The van der Waals surface area contributed by atoms with Crippen molar-refractivity contribution in [3.8, 4) is 22.9 Å². The number of carbonyl (C=O) groups excluding carboxylic acids is 1. The number of thioether (sulfide) groups is 1. The van der Waals surface area contributed by atoms with Crippen LogP contribution in [0.25, 0.3) is 11.4 Å². The van der Waals surface area contributed by atoms with E-state index in [0.29, 0.717) is 23.0 Å². The van der Waals surface area contributed by atoms with Crippen LogP contribution in [-0.4, -0.2) is 40.5 Å². The van der Waals surface area contributed by atoms with Crippen LogP contribution < -0.4 is 9.47 Å². The van der Waals surface area contributed by atoms with E-state index in [4.69, 9.17) is 9.47 Å². The second-order valence-electron chi connectivity index (χ2n) is 5.81. The van der Waals surface area contributed by atoms with Gasteiger partial charge in [0.05, 0.1) is 30.0 Å². The number of ketones is 1. The summed E-state index contributed by atoms with van der Waals surface area (Å²) in [4.78, 5) is 12.6. The number of halogens is 1. The van der Waals surface area contributed by atoms with Crippen LogP contribution in [0.1, 0.15) is 17.3 Å². The van der Waals surface area contributed by atoms with E-state index < -0.39 is 0 Å². The molecule has 146 valence electrons. The average molecular weight is 462 g/mol. The smallest absolute Gasteiger partial charge is 0.191 e. The lowest BCUT2D eigenvalue weighted by Gasteiger charge is -2.10. The molecule has 0 bridgehead atoms. The van der Waals surface area contributed by atoms with Crippen LogP contribution in [0.4, 0.5) is 0 Å². The van der Waals surface area contributed by atoms with Gasteiger partial charge in [-0.3, -0.25) is 4.79 Å². The van der Waals surface area contributed by atoms with E-state index in [1.54, 1.807) is 32.4 Å². The first-order valence-electron chi connectivity index (χ1n) is 8.65. The molecule has 0 aliphatic heterocycles. The summed E-state index contributed by atoms with van der Waals surface area (Å²) in [5, 5.41) is 9.32. The Balaban J connectivity index is 1.79. The summed E-state index contributed by atoms with van der Waals surface area (Å²) >= 11 is 4.79. The SMILES string of the molecule is CCn1c(SCC(=O)c2ccc(OC)c(Br)c2)nnc1-c1ccccc1OC. The molecule has 0 saturated carbocycles. The zero-order valence-corrected chi connectivity index (χ0v) is 18.2. The summed E-state index contributed by atoms with van der Waals surface area (Å²) in [5.74, 6) is 2.43. The quantitative estimate of drug-likeness (QED) is 0.357. The van der Waals surface area contributed by atoms with Crippen molar-refractivity contribution in [1.29, 1.82) is 0 Å². The van der Waals surface area contributed by atoms with E-state index in [9.17, 15) is 4.79 Å². The second-order valence-corrected chi connectivity index (χ2v) is 7.61.